The van der Waals surface area contributed by atoms with E-state index in [1.54, 1.807) is 6.07 Å². The van der Waals surface area contributed by atoms with Gasteiger partial charge in [0.2, 0.25) is 0 Å². The topological polar surface area (TPSA) is 29.5 Å². The number of hydrogen-bond donors (Lipinski definition) is 1. The predicted molar refractivity (Wildman–Crippen MR) is 69.7 cm³/mol. The summed E-state index contributed by atoms with van der Waals surface area (Å²) in [7, 11) is 1.48. The third kappa shape index (κ3) is 3.42. The molecule has 0 aromatic heterocycles. The molecule has 1 N–H and O–H groups in total. The summed E-state index contributed by atoms with van der Waals surface area (Å²) >= 11 is 3.12. The zero-order valence-corrected chi connectivity index (χ0v) is 11.9. The zero-order chi connectivity index (χ0) is 13.0. The van der Waals surface area contributed by atoms with Crippen LogP contribution in [-0.2, 0) is 0 Å². The maximum atomic E-state index is 13.4. The summed E-state index contributed by atoms with van der Waals surface area (Å²) in [5.41, 5.74) is 0.627. The van der Waals surface area contributed by atoms with Gasteiger partial charge >= 0.3 is 0 Å². The first-order chi connectivity index (χ1) is 8.01. The van der Waals surface area contributed by atoms with E-state index in [2.05, 4.69) is 22.9 Å². The van der Waals surface area contributed by atoms with Gasteiger partial charge in [0, 0.05) is 11.6 Å². The Labute approximate surface area is 110 Å². The Bertz CT molecular complexity index is 382. The molecule has 1 aromatic carbocycles. The monoisotopic (exact) mass is 304 g/mol. The fourth-order valence-electron chi connectivity index (χ4n) is 1.87. The number of rotatable bonds is 5. The van der Waals surface area contributed by atoms with Crippen LogP contribution in [0.15, 0.2) is 16.6 Å². The van der Waals surface area contributed by atoms with Crippen molar-refractivity contribution in [3.63, 3.8) is 0 Å². The summed E-state index contributed by atoms with van der Waals surface area (Å²) in [6, 6.07) is 2.88. The lowest BCUT2D eigenvalue weighted by molar-refractivity contribution is 0.109. The summed E-state index contributed by atoms with van der Waals surface area (Å²) in [5, 5.41) is 10.2. The van der Waals surface area contributed by atoms with Crippen molar-refractivity contribution in [2.45, 2.75) is 32.8 Å². The molecule has 17 heavy (non-hydrogen) atoms. The van der Waals surface area contributed by atoms with Crippen molar-refractivity contribution in [1.29, 1.82) is 0 Å². The molecule has 4 heteroatoms. The van der Waals surface area contributed by atoms with E-state index in [9.17, 15) is 9.50 Å². The second-order valence-corrected chi connectivity index (χ2v) is 5.07. The Morgan fingerprint density at radius 1 is 1.47 bits per heavy atom. The molecule has 2 unspecified atom stereocenters. The number of ether oxygens (including phenoxy) is 1. The van der Waals surface area contributed by atoms with Crippen LogP contribution in [0, 0.1) is 11.7 Å². The molecule has 2 atom stereocenters. The minimum Gasteiger partial charge on any atom is -0.496 e. The summed E-state index contributed by atoms with van der Waals surface area (Å²) in [4.78, 5) is 0. The molecule has 0 aliphatic heterocycles. The number of benzene rings is 1. The molecule has 96 valence electrons. The molecule has 2 nitrogen and oxygen atoms in total. The molecule has 0 radical (unpaired) electrons. The van der Waals surface area contributed by atoms with E-state index >= 15 is 0 Å². The summed E-state index contributed by atoms with van der Waals surface area (Å²) in [6.07, 6.45) is 1.28. The average Bonchev–Trinajstić information content (AvgIpc) is 2.31. The van der Waals surface area contributed by atoms with Crippen molar-refractivity contribution in [1.82, 2.24) is 0 Å². The molecule has 0 spiro atoms. The van der Waals surface area contributed by atoms with Crippen molar-refractivity contribution in [2.75, 3.05) is 7.11 Å². The van der Waals surface area contributed by atoms with Gasteiger partial charge in [0.1, 0.15) is 11.6 Å². The summed E-state index contributed by atoms with van der Waals surface area (Å²) < 4.78 is 18.8. The molecule has 0 bridgehead atoms. The van der Waals surface area contributed by atoms with E-state index in [0.29, 0.717) is 15.8 Å². The minimum absolute atomic E-state index is 0.117. The average molecular weight is 305 g/mol. The van der Waals surface area contributed by atoms with Gasteiger partial charge in [-0.2, -0.15) is 0 Å². The Morgan fingerprint density at radius 3 is 2.65 bits per heavy atom. The molecule has 1 rings (SSSR count). The van der Waals surface area contributed by atoms with Crippen LogP contribution in [0.2, 0.25) is 0 Å². The number of hydrogen-bond acceptors (Lipinski definition) is 2. The minimum atomic E-state index is -0.637. The van der Waals surface area contributed by atoms with Crippen LogP contribution in [0.25, 0.3) is 0 Å². The molecule has 0 saturated carbocycles. The van der Waals surface area contributed by atoms with Crippen molar-refractivity contribution in [3.8, 4) is 5.75 Å². The van der Waals surface area contributed by atoms with E-state index in [1.807, 2.05) is 6.92 Å². The normalized spacial score (nSPS) is 14.5. The van der Waals surface area contributed by atoms with Gasteiger partial charge in [0.25, 0.3) is 0 Å². The van der Waals surface area contributed by atoms with Crippen LogP contribution in [0.4, 0.5) is 4.39 Å². The highest BCUT2D eigenvalue weighted by molar-refractivity contribution is 9.10. The third-order valence-corrected chi connectivity index (χ3v) is 3.48. The third-order valence-electron chi connectivity index (χ3n) is 2.87. The highest BCUT2D eigenvalue weighted by atomic mass is 79.9. The molecular weight excluding hydrogens is 287 g/mol. The van der Waals surface area contributed by atoms with E-state index in [4.69, 9.17) is 4.74 Å². The maximum Gasteiger partial charge on any atom is 0.141 e. The molecular formula is C13H18BrFO2. The smallest absolute Gasteiger partial charge is 0.141 e. The Morgan fingerprint density at radius 2 is 2.12 bits per heavy atom. The number of aliphatic hydroxyl groups excluding tert-OH is 1. The molecule has 0 fully saturated rings. The van der Waals surface area contributed by atoms with Crippen molar-refractivity contribution >= 4 is 15.9 Å². The predicted octanol–water partition coefficient (Wildman–Crippen LogP) is 4.07. The number of methoxy groups -OCH3 is 1. The van der Waals surface area contributed by atoms with Gasteiger partial charge in [-0.05, 0) is 34.3 Å². The highest BCUT2D eigenvalue weighted by Crippen LogP contribution is 2.35. The summed E-state index contributed by atoms with van der Waals surface area (Å²) in [5.74, 6) is 0.119. The van der Waals surface area contributed by atoms with Gasteiger partial charge < -0.3 is 9.84 Å². The lowest BCUT2D eigenvalue weighted by atomic mass is 9.93. The fraction of sp³-hybridized carbons (Fsp3) is 0.538. The van der Waals surface area contributed by atoms with Crippen molar-refractivity contribution < 1.29 is 14.2 Å². The highest BCUT2D eigenvalue weighted by Gasteiger charge is 2.21. The van der Waals surface area contributed by atoms with Crippen molar-refractivity contribution in [2.24, 2.45) is 5.92 Å². The van der Waals surface area contributed by atoms with Crippen LogP contribution in [0.3, 0.4) is 0 Å². The zero-order valence-electron chi connectivity index (χ0n) is 10.3. The van der Waals surface area contributed by atoms with E-state index < -0.39 is 6.10 Å². The van der Waals surface area contributed by atoms with Crippen LogP contribution < -0.4 is 4.74 Å². The van der Waals surface area contributed by atoms with Gasteiger partial charge in [0.15, 0.2) is 0 Å². The lowest BCUT2D eigenvalue weighted by Crippen LogP contribution is -2.10. The van der Waals surface area contributed by atoms with E-state index in [0.717, 1.165) is 12.8 Å². The Kier molecular flexibility index (Phi) is 5.40. The molecule has 1 aromatic rings. The van der Waals surface area contributed by atoms with Gasteiger partial charge in [-0.25, -0.2) is 4.39 Å². The fourth-order valence-corrected chi connectivity index (χ4v) is 2.23. The van der Waals surface area contributed by atoms with Gasteiger partial charge in [0.05, 0.1) is 17.7 Å². The first-order valence-corrected chi connectivity index (χ1v) is 6.51. The van der Waals surface area contributed by atoms with E-state index in [-0.39, 0.29) is 11.7 Å². The largest absolute Gasteiger partial charge is 0.496 e. The molecule has 0 aliphatic carbocycles. The number of aliphatic hydroxyl groups is 1. The molecule has 0 amide bonds. The van der Waals surface area contributed by atoms with E-state index in [1.165, 1.54) is 13.2 Å². The maximum absolute atomic E-state index is 13.4. The second-order valence-electron chi connectivity index (χ2n) is 4.22. The SMILES string of the molecule is CCCC(C)C(O)c1cc(Br)c(F)cc1OC. The number of halogens is 2. The lowest BCUT2D eigenvalue weighted by Gasteiger charge is -2.21. The van der Waals surface area contributed by atoms with Gasteiger partial charge in [-0.1, -0.05) is 20.3 Å². The van der Waals surface area contributed by atoms with Crippen LogP contribution in [0.5, 0.6) is 5.75 Å². The quantitative estimate of drug-likeness (QED) is 0.888. The Balaban J connectivity index is 3.07. The standard InChI is InChI=1S/C13H18BrFO2/c1-4-5-8(2)13(16)9-6-10(14)11(15)7-12(9)17-3/h6-8,13,16H,4-5H2,1-3H3. The first-order valence-electron chi connectivity index (χ1n) is 5.72. The van der Waals surface area contributed by atoms with Gasteiger partial charge in [-0.15, -0.1) is 0 Å². The first kappa shape index (κ1) is 14.5. The molecule has 0 aliphatic rings. The molecule has 0 heterocycles. The van der Waals surface area contributed by atoms with Crippen LogP contribution >= 0.6 is 15.9 Å². The molecule has 0 saturated heterocycles. The van der Waals surface area contributed by atoms with Crippen LogP contribution in [-0.4, -0.2) is 12.2 Å². The Hall–Kier alpha value is -0.610. The van der Waals surface area contributed by atoms with Gasteiger partial charge in [-0.3, -0.25) is 0 Å². The second kappa shape index (κ2) is 6.36. The van der Waals surface area contributed by atoms with Crippen molar-refractivity contribution in [3.05, 3.63) is 28.0 Å². The van der Waals surface area contributed by atoms with Crippen LogP contribution in [0.1, 0.15) is 38.4 Å². The summed E-state index contributed by atoms with van der Waals surface area (Å²) in [6.45, 7) is 4.05.